The van der Waals surface area contributed by atoms with Gasteiger partial charge in [0.2, 0.25) is 0 Å². The third-order valence-electron chi connectivity index (χ3n) is 3.24. The number of rotatable bonds is 7. The van der Waals surface area contributed by atoms with Crippen LogP contribution in [0.2, 0.25) is 6.32 Å². The van der Waals surface area contributed by atoms with Crippen LogP contribution in [0.4, 0.5) is 0 Å². The molecule has 2 aliphatic heterocycles. The van der Waals surface area contributed by atoms with E-state index in [1.54, 1.807) is 7.11 Å². The Morgan fingerprint density at radius 3 is 2.65 bits per heavy atom. The summed E-state index contributed by atoms with van der Waals surface area (Å²) in [6.07, 6.45) is -0.706. The summed E-state index contributed by atoms with van der Waals surface area (Å²) in [5.74, 6) is -0.347. The fourth-order valence-electron chi connectivity index (χ4n) is 2.29. The molecule has 0 bridgehead atoms. The van der Waals surface area contributed by atoms with E-state index in [-0.39, 0.29) is 38.0 Å². The van der Waals surface area contributed by atoms with Crippen molar-refractivity contribution in [2.24, 2.45) is 0 Å². The molecule has 7 nitrogen and oxygen atoms in total. The molecule has 2 heterocycles. The molecule has 0 aromatic carbocycles. The van der Waals surface area contributed by atoms with E-state index < -0.39 is 6.29 Å². The highest BCUT2D eigenvalue weighted by Gasteiger charge is 2.54. The molecule has 2 aliphatic rings. The molecule has 0 saturated carbocycles. The van der Waals surface area contributed by atoms with Gasteiger partial charge in [-0.15, -0.1) is 0 Å². The maximum absolute atomic E-state index is 10.9. The van der Waals surface area contributed by atoms with Crippen molar-refractivity contribution in [1.29, 1.82) is 0 Å². The predicted octanol–water partition coefficient (Wildman–Crippen LogP) is 0.230. The van der Waals surface area contributed by atoms with Gasteiger partial charge in [-0.1, -0.05) is 6.92 Å². The molecule has 2 rings (SSSR count). The quantitative estimate of drug-likeness (QED) is 0.377. The van der Waals surface area contributed by atoms with Crippen molar-refractivity contribution in [3.05, 3.63) is 0 Å². The van der Waals surface area contributed by atoms with Gasteiger partial charge in [-0.2, -0.15) is 0 Å². The largest absolute Gasteiger partial charge is 0.463 e. The SMILES string of the molecule is CCB1OC2C(COC(C)=O)OC(OCCOC)C2O1. The molecule has 20 heavy (non-hydrogen) atoms. The zero-order valence-corrected chi connectivity index (χ0v) is 12.1. The Bertz CT molecular complexity index is 327. The monoisotopic (exact) mass is 288 g/mol. The van der Waals surface area contributed by atoms with Crippen LogP contribution in [0, 0.1) is 0 Å². The van der Waals surface area contributed by atoms with E-state index in [1.165, 1.54) is 6.92 Å². The molecule has 2 saturated heterocycles. The van der Waals surface area contributed by atoms with E-state index in [1.807, 2.05) is 6.92 Å². The molecule has 2 fully saturated rings. The molecule has 8 heteroatoms. The van der Waals surface area contributed by atoms with Crippen molar-refractivity contribution < 1.29 is 33.1 Å². The second-order valence-corrected chi connectivity index (χ2v) is 4.75. The van der Waals surface area contributed by atoms with Gasteiger partial charge < -0.3 is 28.3 Å². The summed E-state index contributed by atoms with van der Waals surface area (Å²) in [5.41, 5.74) is 0. The summed E-state index contributed by atoms with van der Waals surface area (Å²) < 4.78 is 32.8. The summed E-state index contributed by atoms with van der Waals surface area (Å²) in [5, 5.41) is 0. The van der Waals surface area contributed by atoms with Crippen LogP contribution in [0.1, 0.15) is 13.8 Å². The number of fused-ring (bicyclic) bond motifs is 1. The van der Waals surface area contributed by atoms with Crippen molar-refractivity contribution in [2.75, 3.05) is 26.9 Å². The fraction of sp³-hybridized carbons (Fsp3) is 0.917. The second kappa shape index (κ2) is 7.37. The van der Waals surface area contributed by atoms with Crippen LogP contribution >= 0.6 is 0 Å². The highest BCUT2D eigenvalue weighted by atomic mass is 16.8. The Balaban J connectivity index is 1.92. The van der Waals surface area contributed by atoms with Crippen molar-refractivity contribution >= 4 is 13.1 Å². The van der Waals surface area contributed by atoms with Gasteiger partial charge in [0.15, 0.2) is 6.29 Å². The Kier molecular flexibility index (Phi) is 5.80. The van der Waals surface area contributed by atoms with Gasteiger partial charge in [0.1, 0.15) is 24.9 Å². The van der Waals surface area contributed by atoms with E-state index in [2.05, 4.69) is 0 Å². The Hall–Kier alpha value is -0.665. The Morgan fingerprint density at radius 2 is 2.00 bits per heavy atom. The highest BCUT2D eigenvalue weighted by Crippen LogP contribution is 2.34. The Morgan fingerprint density at radius 1 is 1.25 bits per heavy atom. The standard InChI is InChI=1S/C12H21BO7/c1-4-13-19-10-9(7-17-8(2)14)18-12(11(10)20-13)16-6-5-15-3/h9-12H,4-7H2,1-3H3. The van der Waals surface area contributed by atoms with Gasteiger partial charge in [0.25, 0.3) is 0 Å². The van der Waals surface area contributed by atoms with Crippen molar-refractivity contribution in [2.45, 2.75) is 44.8 Å². The minimum atomic E-state index is -0.521. The van der Waals surface area contributed by atoms with Crippen LogP contribution in [-0.4, -0.2) is 64.6 Å². The lowest BCUT2D eigenvalue weighted by Gasteiger charge is -2.18. The molecule has 0 amide bonds. The molecule has 4 unspecified atom stereocenters. The highest BCUT2D eigenvalue weighted by molar-refractivity contribution is 6.45. The van der Waals surface area contributed by atoms with Crippen LogP contribution in [0.3, 0.4) is 0 Å². The zero-order valence-electron chi connectivity index (χ0n) is 12.1. The molecule has 4 atom stereocenters. The summed E-state index contributed by atoms with van der Waals surface area (Å²) >= 11 is 0. The van der Waals surface area contributed by atoms with Crippen LogP contribution in [-0.2, 0) is 33.1 Å². The van der Waals surface area contributed by atoms with Gasteiger partial charge in [-0.3, -0.25) is 4.79 Å². The molecule has 114 valence electrons. The molecule has 0 aliphatic carbocycles. The molecule has 0 N–H and O–H groups in total. The number of esters is 1. The second-order valence-electron chi connectivity index (χ2n) is 4.75. The lowest BCUT2D eigenvalue weighted by Crippen LogP contribution is -2.33. The van der Waals surface area contributed by atoms with E-state index in [4.69, 9.17) is 28.3 Å². The van der Waals surface area contributed by atoms with Gasteiger partial charge in [-0.05, 0) is 6.32 Å². The molecule has 0 aromatic rings. The minimum Gasteiger partial charge on any atom is -0.463 e. The average molecular weight is 288 g/mol. The summed E-state index contributed by atoms with van der Waals surface area (Å²) in [6, 6.07) is 0. The lowest BCUT2D eigenvalue weighted by molar-refractivity contribution is -0.178. The molecule has 0 radical (unpaired) electrons. The van der Waals surface area contributed by atoms with Gasteiger partial charge in [0.05, 0.1) is 13.2 Å². The number of hydrogen-bond donors (Lipinski definition) is 0. The van der Waals surface area contributed by atoms with Crippen molar-refractivity contribution in [3.63, 3.8) is 0 Å². The number of carbonyl (C=O) groups excluding carboxylic acids is 1. The number of carbonyl (C=O) groups is 1. The Labute approximate surface area is 118 Å². The minimum absolute atomic E-state index is 0.139. The topological polar surface area (TPSA) is 72.5 Å². The third-order valence-corrected chi connectivity index (χ3v) is 3.24. The first-order chi connectivity index (χ1) is 9.65. The molecule has 0 spiro atoms. The van der Waals surface area contributed by atoms with E-state index in [9.17, 15) is 4.79 Å². The molecular formula is C12H21BO7. The fourth-order valence-corrected chi connectivity index (χ4v) is 2.29. The van der Waals surface area contributed by atoms with Crippen molar-refractivity contribution in [3.8, 4) is 0 Å². The van der Waals surface area contributed by atoms with Crippen LogP contribution < -0.4 is 0 Å². The molecular weight excluding hydrogens is 267 g/mol. The van der Waals surface area contributed by atoms with Crippen molar-refractivity contribution in [1.82, 2.24) is 0 Å². The number of methoxy groups -OCH3 is 1. The zero-order chi connectivity index (χ0) is 14.5. The van der Waals surface area contributed by atoms with E-state index in [0.29, 0.717) is 13.2 Å². The summed E-state index contributed by atoms with van der Waals surface area (Å²) in [7, 11) is 1.34. The van der Waals surface area contributed by atoms with Gasteiger partial charge in [0, 0.05) is 14.0 Å². The predicted molar refractivity (Wildman–Crippen MR) is 69.1 cm³/mol. The first kappa shape index (κ1) is 15.7. The van der Waals surface area contributed by atoms with E-state index >= 15 is 0 Å². The smallest absolute Gasteiger partial charge is 0.457 e. The van der Waals surface area contributed by atoms with E-state index in [0.717, 1.165) is 6.32 Å². The maximum atomic E-state index is 10.9. The molecule has 0 aromatic heterocycles. The first-order valence-electron chi connectivity index (χ1n) is 6.86. The van der Waals surface area contributed by atoms with Crippen LogP contribution in [0.15, 0.2) is 0 Å². The number of hydrogen-bond acceptors (Lipinski definition) is 7. The maximum Gasteiger partial charge on any atom is 0.457 e. The average Bonchev–Trinajstić information content (AvgIpc) is 2.97. The van der Waals surface area contributed by atoms with Crippen LogP contribution in [0.5, 0.6) is 0 Å². The summed E-state index contributed by atoms with van der Waals surface area (Å²) in [6.45, 7) is 4.36. The van der Waals surface area contributed by atoms with Gasteiger partial charge >= 0.3 is 13.1 Å². The third kappa shape index (κ3) is 3.70. The summed E-state index contributed by atoms with van der Waals surface area (Å²) in [4.78, 5) is 10.9. The lowest BCUT2D eigenvalue weighted by atomic mass is 9.87. The first-order valence-corrected chi connectivity index (χ1v) is 6.86. The van der Waals surface area contributed by atoms with Crippen LogP contribution in [0.25, 0.3) is 0 Å². The van der Waals surface area contributed by atoms with Gasteiger partial charge in [-0.25, -0.2) is 0 Å². The number of ether oxygens (including phenoxy) is 4. The normalized spacial score (nSPS) is 32.5.